The predicted molar refractivity (Wildman–Crippen MR) is 80.3 cm³/mol. The Balaban J connectivity index is 1.73. The van der Waals surface area contributed by atoms with Gasteiger partial charge in [0.25, 0.3) is 0 Å². The zero-order valence-electron chi connectivity index (χ0n) is 11.7. The van der Waals surface area contributed by atoms with Gasteiger partial charge in [-0.05, 0) is 43.4 Å². The Morgan fingerprint density at radius 3 is 2.70 bits per heavy atom. The Bertz CT molecular complexity index is 466. The first kappa shape index (κ1) is 14.2. The van der Waals surface area contributed by atoms with Crippen LogP contribution in [0, 0.1) is 0 Å². The third-order valence-corrected chi connectivity index (χ3v) is 4.71. The van der Waals surface area contributed by atoms with Gasteiger partial charge in [0, 0.05) is 12.1 Å². The maximum atomic E-state index is 6.46. The lowest BCUT2D eigenvalue weighted by atomic mass is 9.89. The summed E-state index contributed by atoms with van der Waals surface area (Å²) in [4.78, 5) is 0. The number of rotatable bonds is 3. The van der Waals surface area contributed by atoms with E-state index in [1.165, 1.54) is 12.8 Å². The Kier molecular flexibility index (Phi) is 4.20. The van der Waals surface area contributed by atoms with Crippen molar-refractivity contribution in [1.82, 2.24) is 0 Å². The van der Waals surface area contributed by atoms with Crippen LogP contribution in [0.25, 0.3) is 0 Å². The molecule has 1 aromatic rings. The zero-order chi connectivity index (χ0) is 14.0. The van der Waals surface area contributed by atoms with Gasteiger partial charge < -0.3 is 15.2 Å². The molecule has 1 saturated carbocycles. The van der Waals surface area contributed by atoms with Crippen LogP contribution in [0.15, 0.2) is 18.2 Å². The normalized spacial score (nSPS) is 25.6. The van der Waals surface area contributed by atoms with Crippen molar-refractivity contribution < 1.29 is 9.47 Å². The van der Waals surface area contributed by atoms with Gasteiger partial charge in [0.05, 0.1) is 11.6 Å². The fourth-order valence-electron chi connectivity index (χ4n) is 3.18. The highest BCUT2D eigenvalue weighted by Gasteiger charge is 2.31. The van der Waals surface area contributed by atoms with Gasteiger partial charge in [0.2, 0.25) is 0 Å². The molecule has 20 heavy (non-hydrogen) atoms. The third kappa shape index (κ3) is 2.95. The molecule has 2 aliphatic rings. The topological polar surface area (TPSA) is 44.5 Å². The maximum absolute atomic E-state index is 6.46. The van der Waals surface area contributed by atoms with Gasteiger partial charge >= 0.3 is 0 Å². The first-order chi connectivity index (χ1) is 9.67. The molecule has 1 unspecified atom stereocenters. The smallest absolute Gasteiger partial charge is 0.138 e. The minimum absolute atomic E-state index is 0.116. The van der Waals surface area contributed by atoms with Crippen molar-refractivity contribution >= 4 is 11.6 Å². The van der Waals surface area contributed by atoms with Crippen molar-refractivity contribution in [3.63, 3.8) is 0 Å². The molecule has 4 heteroatoms. The lowest BCUT2D eigenvalue weighted by Gasteiger charge is -2.26. The lowest BCUT2D eigenvalue weighted by Crippen LogP contribution is -2.33. The summed E-state index contributed by atoms with van der Waals surface area (Å²) in [6.45, 7) is 1.49. The molecule has 2 fully saturated rings. The summed E-state index contributed by atoms with van der Waals surface area (Å²) in [7, 11) is 0. The summed E-state index contributed by atoms with van der Waals surface area (Å²) in [5.74, 6) is 0.743. The van der Waals surface area contributed by atoms with E-state index >= 15 is 0 Å². The largest absolute Gasteiger partial charge is 0.486 e. The summed E-state index contributed by atoms with van der Waals surface area (Å²) < 4.78 is 11.4. The van der Waals surface area contributed by atoms with Crippen LogP contribution in [0.1, 0.15) is 44.1 Å². The van der Waals surface area contributed by atoms with Crippen molar-refractivity contribution in [3.8, 4) is 5.75 Å². The summed E-state index contributed by atoms with van der Waals surface area (Å²) in [6, 6.07) is 6.00. The van der Waals surface area contributed by atoms with Gasteiger partial charge in [-0.3, -0.25) is 0 Å². The van der Waals surface area contributed by atoms with Crippen molar-refractivity contribution in [3.05, 3.63) is 28.8 Å². The number of nitrogens with two attached hydrogens (primary N) is 1. The second-order valence-electron chi connectivity index (χ2n) is 5.97. The van der Waals surface area contributed by atoms with Crippen LogP contribution >= 0.6 is 11.6 Å². The Hall–Kier alpha value is -0.770. The standard InChI is InChI=1S/C16H22ClNO2/c17-14-10-12(16(18)7-1-2-8-16)5-6-15(14)20-13-4-3-9-19-11-13/h5-6,10,13H,1-4,7-9,11,18H2. The van der Waals surface area contributed by atoms with E-state index in [9.17, 15) is 0 Å². The molecule has 110 valence electrons. The molecule has 1 aliphatic heterocycles. The molecule has 0 spiro atoms. The Labute approximate surface area is 125 Å². The molecule has 1 aliphatic carbocycles. The molecule has 0 radical (unpaired) electrons. The van der Waals surface area contributed by atoms with Gasteiger partial charge in [0.15, 0.2) is 0 Å². The quantitative estimate of drug-likeness (QED) is 0.926. The summed E-state index contributed by atoms with van der Waals surface area (Å²) in [6.07, 6.45) is 6.67. The molecular weight excluding hydrogens is 274 g/mol. The molecule has 3 nitrogen and oxygen atoms in total. The number of hydrogen-bond donors (Lipinski definition) is 1. The minimum atomic E-state index is -0.198. The van der Waals surface area contributed by atoms with Crippen molar-refractivity contribution in [2.24, 2.45) is 5.73 Å². The summed E-state index contributed by atoms with van der Waals surface area (Å²) in [5, 5.41) is 0.657. The number of benzene rings is 1. The van der Waals surface area contributed by atoms with Crippen molar-refractivity contribution in [1.29, 1.82) is 0 Å². The van der Waals surface area contributed by atoms with Crippen LogP contribution in [-0.4, -0.2) is 19.3 Å². The fraction of sp³-hybridized carbons (Fsp3) is 0.625. The predicted octanol–water partition coefficient (Wildman–Crippen LogP) is 3.63. The van der Waals surface area contributed by atoms with Gasteiger partial charge in [-0.2, -0.15) is 0 Å². The molecule has 1 aromatic carbocycles. The number of ether oxygens (including phenoxy) is 2. The van der Waals surface area contributed by atoms with E-state index in [4.69, 9.17) is 26.8 Å². The first-order valence-corrected chi connectivity index (χ1v) is 7.88. The summed E-state index contributed by atoms with van der Waals surface area (Å²) >= 11 is 6.37. The Morgan fingerprint density at radius 1 is 1.25 bits per heavy atom. The zero-order valence-corrected chi connectivity index (χ0v) is 12.5. The highest BCUT2D eigenvalue weighted by atomic mass is 35.5. The SMILES string of the molecule is NC1(c2ccc(OC3CCCOC3)c(Cl)c2)CCCC1. The van der Waals surface area contributed by atoms with E-state index in [-0.39, 0.29) is 11.6 Å². The average molecular weight is 296 g/mol. The monoisotopic (exact) mass is 295 g/mol. The molecule has 0 aromatic heterocycles. The molecule has 1 heterocycles. The van der Waals surface area contributed by atoms with Crippen molar-refractivity contribution in [2.75, 3.05) is 13.2 Å². The lowest BCUT2D eigenvalue weighted by molar-refractivity contribution is 0.00746. The molecule has 0 bridgehead atoms. The van der Waals surface area contributed by atoms with Gasteiger partial charge in [-0.25, -0.2) is 0 Å². The molecule has 1 atom stereocenters. The molecule has 3 rings (SSSR count). The average Bonchev–Trinajstić information content (AvgIpc) is 2.90. The van der Waals surface area contributed by atoms with E-state index in [2.05, 4.69) is 6.07 Å². The van der Waals surface area contributed by atoms with E-state index < -0.39 is 0 Å². The maximum Gasteiger partial charge on any atom is 0.138 e. The van der Waals surface area contributed by atoms with Crippen LogP contribution in [0.2, 0.25) is 5.02 Å². The van der Waals surface area contributed by atoms with E-state index in [0.717, 1.165) is 43.6 Å². The fourth-order valence-corrected chi connectivity index (χ4v) is 3.41. The second kappa shape index (κ2) is 5.92. The number of halogens is 1. The van der Waals surface area contributed by atoms with Crippen LogP contribution < -0.4 is 10.5 Å². The van der Waals surface area contributed by atoms with Crippen LogP contribution in [0.5, 0.6) is 5.75 Å². The molecular formula is C16H22ClNO2. The van der Waals surface area contributed by atoms with Gasteiger partial charge in [-0.15, -0.1) is 0 Å². The molecule has 2 N–H and O–H groups in total. The van der Waals surface area contributed by atoms with E-state index in [0.29, 0.717) is 11.6 Å². The molecule has 1 saturated heterocycles. The van der Waals surface area contributed by atoms with Gasteiger partial charge in [-0.1, -0.05) is 30.5 Å². The summed E-state index contributed by atoms with van der Waals surface area (Å²) in [5.41, 5.74) is 7.40. The minimum Gasteiger partial charge on any atom is -0.486 e. The second-order valence-corrected chi connectivity index (χ2v) is 6.37. The Morgan fingerprint density at radius 2 is 2.05 bits per heavy atom. The highest BCUT2D eigenvalue weighted by molar-refractivity contribution is 6.32. The first-order valence-electron chi connectivity index (χ1n) is 7.51. The van der Waals surface area contributed by atoms with Crippen LogP contribution in [0.3, 0.4) is 0 Å². The van der Waals surface area contributed by atoms with Gasteiger partial charge in [0.1, 0.15) is 11.9 Å². The molecule has 0 amide bonds. The third-order valence-electron chi connectivity index (χ3n) is 4.41. The van der Waals surface area contributed by atoms with Crippen LogP contribution in [-0.2, 0) is 10.3 Å². The van der Waals surface area contributed by atoms with Crippen molar-refractivity contribution in [2.45, 2.75) is 50.2 Å². The number of hydrogen-bond acceptors (Lipinski definition) is 3. The van der Waals surface area contributed by atoms with E-state index in [1.807, 2.05) is 12.1 Å². The van der Waals surface area contributed by atoms with Crippen LogP contribution in [0.4, 0.5) is 0 Å². The van der Waals surface area contributed by atoms with E-state index in [1.54, 1.807) is 0 Å². The highest BCUT2D eigenvalue weighted by Crippen LogP contribution is 2.39.